The van der Waals surface area contributed by atoms with E-state index in [4.69, 9.17) is 0 Å². The van der Waals surface area contributed by atoms with Crippen molar-refractivity contribution >= 4 is 5.91 Å². The molecule has 0 aromatic rings. The fourth-order valence-electron chi connectivity index (χ4n) is 3.13. The van der Waals surface area contributed by atoms with Crippen LogP contribution in [0.15, 0.2) is 0 Å². The van der Waals surface area contributed by atoms with Gasteiger partial charge in [-0.3, -0.25) is 9.69 Å². The summed E-state index contributed by atoms with van der Waals surface area (Å²) < 4.78 is 0. The maximum absolute atomic E-state index is 12.2. The van der Waals surface area contributed by atoms with Gasteiger partial charge in [0.1, 0.15) is 0 Å². The molecule has 1 aliphatic heterocycles. The van der Waals surface area contributed by atoms with Crippen molar-refractivity contribution in [3.8, 4) is 0 Å². The third-order valence-electron chi connectivity index (χ3n) is 4.33. The highest BCUT2D eigenvalue weighted by Gasteiger charge is 2.22. The van der Waals surface area contributed by atoms with Crippen LogP contribution >= 0.6 is 0 Å². The zero-order valence-corrected chi connectivity index (χ0v) is 14.3. The normalized spacial score (nSPS) is 17.9. The number of carbonyl (C=O) groups is 1. The van der Waals surface area contributed by atoms with Crippen LogP contribution in [-0.4, -0.2) is 49.1 Å². The summed E-state index contributed by atoms with van der Waals surface area (Å²) in [5.74, 6) is 0.200. The molecule has 1 aliphatic rings. The molecule has 124 valence electrons. The Morgan fingerprint density at radius 3 is 2.57 bits per heavy atom. The van der Waals surface area contributed by atoms with Gasteiger partial charge in [-0.1, -0.05) is 33.1 Å². The van der Waals surface area contributed by atoms with Crippen LogP contribution in [0.5, 0.6) is 0 Å². The maximum atomic E-state index is 12.2. The third-order valence-corrected chi connectivity index (χ3v) is 4.33. The minimum atomic E-state index is 0.200. The molecule has 0 radical (unpaired) electrons. The highest BCUT2D eigenvalue weighted by molar-refractivity contribution is 5.78. The van der Waals surface area contributed by atoms with E-state index in [1.807, 2.05) is 0 Å². The Morgan fingerprint density at radius 1 is 1.24 bits per heavy atom. The van der Waals surface area contributed by atoms with Crippen LogP contribution in [0.25, 0.3) is 0 Å². The molecule has 2 N–H and O–H groups in total. The van der Waals surface area contributed by atoms with Gasteiger partial charge in [0.05, 0.1) is 6.54 Å². The first-order chi connectivity index (χ1) is 10.2. The van der Waals surface area contributed by atoms with Crippen molar-refractivity contribution in [2.24, 2.45) is 0 Å². The standard InChI is InChI=1S/C17H35N3O/c1-4-6-7-8-15(3)19-17(21)14-20(13-5-2)16-9-11-18-12-10-16/h15-16,18H,4-14H2,1-3H3,(H,19,21). The molecule has 1 atom stereocenters. The number of nitrogens with zero attached hydrogens (tertiary/aromatic N) is 1. The molecule has 0 saturated carbocycles. The van der Waals surface area contributed by atoms with Crippen molar-refractivity contribution in [2.45, 2.75) is 77.8 Å². The minimum Gasteiger partial charge on any atom is -0.353 e. The monoisotopic (exact) mass is 297 g/mol. The smallest absolute Gasteiger partial charge is 0.234 e. The number of amides is 1. The first-order valence-electron chi connectivity index (χ1n) is 8.91. The molecule has 1 heterocycles. The molecule has 0 bridgehead atoms. The van der Waals surface area contributed by atoms with E-state index >= 15 is 0 Å². The average molecular weight is 297 g/mol. The molecule has 4 nitrogen and oxygen atoms in total. The molecular weight excluding hydrogens is 262 g/mol. The molecule has 0 aromatic heterocycles. The zero-order valence-electron chi connectivity index (χ0n) is 14.3. The van der Waals surface area contributed by atoms with Gasteiger partial charge in [-0.05, 0) is 52.2 Å². The van der Waals surface area contributed by atoms with E-state index in [1.54, 1.807) is 0 Å². The summed E-state index contributed by atoms with van der Waals surface area (Å²) in [5, 5.41) is 6.57. The summed E-state index contributed by atoms with van der Waals surface area (Å²) in [6.07, 6.45) is 8.26. The lowest BCUT2D eigenvalue weighted by Gasteiger charge is -2.34. The lowest BCUT2D eigenvalue weighted by atomic mass is 10.0. The second-order valence-electron chi connectivity index (χ2n) is 6.42. The van der Waals surface area contributed by atoms with E-state index in [2.05, 4.69) is 36.3 Å². The Labute approximate surface area is 131 Å². The summed E-state index contributed by atoms with van der Waals surface area (Å²) in [6.45, 7) is 10.3. The van der Waals surface area contributed by atoms with Gasteiger partial charge in [0.15, 0.2) is 0 Å². The Hall–Kier alpha value is -0.610. The van der Waals surface area contributed by atoms with Crippen LogP contribution in [0.3, 0.4) is 0 Å². The van der Waals surface area contributed by atoms with Gasteiger partial charge in [-0.2, -0.15) is 0 Å². The van der Waals surface area contributed by atoms with Gasteiger partial charge < -0.3 is 10.6 Å². The number of nitrogens with one attached hydrogen (secondary N) is 2. The van der Waals surface area contributed by atoms with Crippen LogP contribution in [0, 0.1) is 0 Å². The molecule has 21 heavy (non-hydrogen) atoms. The summed E-state index contributed by atoms with van der Waals surface area (Å²) >= 11 is 0. The van der Waals surface area contributed by atoms with Crippen molar-refractivity contribution < 1.29 is 4.79 Å². The highest BCUT2D eigenvalue weighted by Crippen LogP contribution is 2.12. The van der Waals surface area contributed by atoms with Crippen LogP contribution in [0.1, 0.15) is 65.7 Å². The third kappa shape index (κ3) is 7.82. The molecule has 0 aliphatic carbocycles. The lowest BCUT2D eigenvalue weighted by Crippen LogP contribution is -2.48. The predicted octanol–water partition coefficient (Wildman–Crippen LogP) is 2.54. The Bertz CT molecular complexity index is 277. The average Bonchev–Trinajstić information content (AvgIpc) is 2.48. The van der Waals surface area contributed by atoms with Gasteiger partial charge in [0.25, 0.3) is 0 Å². The molecule has 1 rings (SSSR count). The van der Waals surface area contributed by atoms with Crippen LogP contribution in [0.4, 0.5) is 0 Å². The van der Waals surface area contributed by atoms with Gasteiger partial charge in [-0.25, -0.2) is 0 Å². The van der Waals surface area contributed by atoms with Crippen LogP contribution < -0.4 is 10.6 Å². The van der Waals surface area contributed by atoms with Crippen molar-refractivity contribution in [1.82, 2.24) is 15.5 Å². The number of piperidine rings is 1. The number of hydrogen-bond acceptors (Lipinski definition) is 3. The number of hydrogen-bond donors (Lipinski definition) is 2. The summed E-state index contributed by atoms with van der Waals surface area (Å²) in [4.78, 5) is 14.6. The summed E-state index contributed by atoms with van der Waals surface area (Å²) in [5.41, 5.74) is 0. The van der Waals surface area contributed by atoms with Gasteiger partial charge >= 0.3 is 0 Å². The van der Waals surface area contributed by atoms with E-state index in [9.17, 15) is 4.79 Å². The SMILES string of the molecule is CCCCCC(C)NC(=O)CN(CCC)C1CCNCC1. The topological polar surface area (TPSA) is 44.4 Å². The fourth-order valence-corrected chi connectivity index (χ4v) is 3.13. The molecule has 0 aromatic carbocycles. The summed E-state index contributed by atoms with van der Waals surface area (Å²) in [6, 6.07) is 0.882. The van der Waals surface area contributed by atoms with Crippen LogP contribution in [-0.2, 0) is 4.79 Å². The largest absolute Gasteiger partial charge is 0.353 e. The number of rotatable bonds is 10. The zero-order chi connectivity index (χ0) is 15.5. The molecule has 1 unspecified atom stereocenters. The first-order valence-corrected chi connectivity index (χ1v) is 8.91. The van der Waals surface area contributed by atoms with Gasteiger partial charge in [0.2, 0.25) is 5.91 Å². The van der Waals surface area contributed by atoms with Crippen molar-refractivity contribution in [3.05, 3.63) is 0 Å². The van der Waals surface area contributed by atoms with E-state index < -0.39 is 0 Å². The van der Waals surface area contributed by atoms with Crippen molar-refractivity contribution in [1.29, 1.82) is 0 Å². The molecule has 1 saturated heterocycles. The maximum Gasteiger partial charge on any atom is 0.234 e. The molecule has 0 spiro atoms. The number of unbranched alkanes of at least 4 members (excludes halogenated alkanes) is 2. The molecule has 1 amide bonds. The Balaban J connectivity index is 2.33. The van der Waals surface area contributed by atoms with E-state index in [1.165, 1.54) is 32.1 Å². The quantitative estimate of drug-likeness (QED) is 0.609. The van der Waals surface area contributed by atoms with Crippen molar-refractivity contribution in [2.75, 3.05) is 26.2 Å². The van der Waals surface area contributed by atoms with E-state index in [-0.39, 0.29) is 5.91 Å². The van der Waals surface area contributed by atoms with E-state index in [0.29, 0.717) is 18.6 Å². The Morgan fingerprint density at radius 2 is 1.95 bits per heavy atom. The molecule has 1 fully saturated rings. The van der Waals surface area contributed by atoms with E-state index in [0.717, 1.165) is 32.5 Å². The number of carbonyl (C=O) groups excluding carboxylic acids is 1. The second-order valence-corrected chi connectivity index (χ2v) is 6.42. The van der Waals surface area contributed by atoms with Crippen molar-refractivity contribution in [3.63, 3.8) is 0 Å². The summed E-state index contributed by atoms with van der Waals surface area (Å²) in [7, 11) is 0. The minimum absolute atomic E-state index is 0.200. The molecular formula is C17H35N3O. The highest BCUT2D eigenvalue weighted by atomic mass is 16.2. The predicted molar refractivity (Wildman–Crippen MR) is 89.5 cm³/mol. The fraction of sp³-hybridized carbons (Fsp3) is 0.941. The molecule has 4 heteroatoms. The Kier molecular flexibility index (Phi) is 9.68. The van der Waals surface area contributed by atoms with Crippen LogP contribution in [0.2, 0.25) is 0 Å². The van der Waals surface area contributed by atoms with Gasteiger partial charge in [-0.15, -0.1) is 0 Å². The van der Waals surface area contributed by atoms with Gasteiger partial charge in [0, 0.05) is 12.1 Å². The lowest BCUT2D eigenvalue weighted by molar-refractivity contribution is -0.123. The second kappa shape index (κ2) is 11.0. The first kappa shape index (κ1) is 18.4.